The molecular weight excluding hydrogens is 342 g/mol. The first-order valence-electron chi connectivity index (χ1n) is 8.41. The van der Waals surface area contributed by atoms with Gasteiger partial charge in [-0.15, -0.1) is 0 Å². The molecule has 0 saturated carbocycles. The molecule has 0 bridgehead atoms. The van der Waals surface area contributed by atoms with Crippen molar-refractivity contribution in [3.05, 3.63) is 94.4 Å². The average Bonchev–Trinajstić information content (AvgIpc) is 2.90. The SMILES string of the molecule is Cc1c(NC(=O)C=CC(=O)c2ccccc2)c(=O)n(-c2ccccc2)n1C. The predicted octanol–water partition coefficient (Wildman–Crippen LogP) is 2.86. The van der Waals surface area contributed by atoms with Crippen LogP contribution in [0, 0.1) is 6.92 Å². The fraction of sp³-hybridized carbons (Fsp3) is 0.0952. The quantitative estimate of drug-likeness (QED) is 0.561. The molecule has 2 aromatic carbocycles. The Morgan fingerprint density at radius 2 is 1.52 bits per heavy atom. The van der Waals surface area contributed by atoms with Gasteiger partial charge in [0.15, 0.2) is 5.78 Å². The molecule has 0 aliphatic rings. The maximum Gasteiger partial charge on any atom is 0.295 e. The van der Waals surface area contributed by atoms with Gasteiger partial charge in [-0.05, 0) is 25.1 Å². The lowest BCUT2D eigenvalue weighted by molar-refractivity contribution is -0.111. The van der Waals surface area contributed by atoms with Gasteiger partial charge in [0.25, 0.3) is 5.56 Å². The van der Waals surface area contributed by atoms with Crippen LogP contribution in [0.15, 0.2) is 77.6 Å². The van der Waals surface area contributed by atoms with Crippen LogP contribution in [0.5, 0.6) is 0 Å². The normalized spacial score (nSPS) is 10.9. The smallest absolute Gasteiger partial charge is 0.295 e. The minimum atomic E-state index is -0.537. The van der Waals surface area contributed by atoms with Gasteiger partial charge < -0.3 is 5.32 Å². The number of rotatable bonds is 5. The number of ketones is 1. The number of nitrogens with zero attached hydrogens (tertiary/aromatic N) is 2. The molecule has 27 heavy (non-hydrogen) atoms. The zero-order valence-corrected chi connectivity index (χ0v) is 15.0. The second-order valence-electron chi connectivity index (χ2n) is 5.99. The van der Waals surface area contributed by atoms with Gasteiger partial charge in [-0.2, -0.15) is 0 Å². The molecule has 3 rings (SSSR count). The Morgan fingerprint density at radius 3 is 2.15 bits per heavy atom. The van der Waals surface area contributed by atoms with Crippen LogP contribution in [0.3, 0.4) is 0 Å². The van der Waals surface area contributed by atoms with E-state index in [1.165, 1.54) is 10.8 Å². The molecule has 0 radical (unpaired) electrons. The number of hydrogen-bond acceptors (Lipinski definition) is 3. The number of carbonyl (C=O) groups excluding carboxylic acids is 2. The molecule has 1 N–H and O–H groups in total. The highest BCUT2D eigenvalue weighted by Gasteiger charge is 2.17. The third kappa shape index (κ3) is 3.79. The standard InChI is InChI=1S/C21H19N3O3/c1-15-20(21(27)24(23(15)2)17-11-7-4-8-12-17)22-19(26)14-13-18(25)16-9-5-3-6-10-16/h3-14H,1-2H3,(H,22,26). The molecular formula is C21H19N3O3. The second-order valence-corrected chi connectivity index (χ2v) is 5.99. The monoisotopic (exact) mass is 361 g/mol. The van der Waals surface area contributed by atoms with Crippen molar-refractivity contribution in [2.75, 3.05) is 5.32 Å². The lowest BCUT2D eigenvalue weighted by atomic mass is 10.1. The highest BCUT2D eigenvalue weighted by molar-refractivity contribution is 6.09. The van der Waals surface area contributed by atoms with E-state index >= 15 is 0 Å². The second kappa shape index (κ2) is 7.70. The van der Waals surface area contributed by atoms with Crippen molar-refractivity contribution in [1.82, 2.24) is 9.36 Å². The number of anilines is 1. The molecule has 1 aromatic heterocycles. The summed E-state index contributed by atoms with van der Waals surface area (Å²) < 4.78 is 3.15. The van der Waals surface area contributed by atoms with Crippen LogP contribution in [0.25, 0.3) is 5.69 Å². The van der Waals surface area contributed by atoms with E-state index in [1.54, 1.807) is 42.9 Å². The van der Waals surface area contributed by atoms with Crippen LogP contribution in [0.4, 0.5) is 5.69 Å². The molecule has 0 unspecified atom stereocenters. The van der Waals surface area contributed by atoms with E-state index in [0.717, 1.165) is 6.08 Å². The number of amides is 1. The van der Waals surface area contributed by atoms with E-state index in [-0.39, 0.29) is 17.0 Å². The number of allylic oxidation sites excluding steroid dienone is 1. The first kappa shape index (κ1) is 18.1. The fourth-order valence-electron chi connectivity index (χ4n) is 2.73. The molecule has 0 atom stereocenters. The molecule has 0 spiro atoms. The van der Waals surface area contributed by atoms with E-state index in [2.05, 4.69) is 5.32 Å². The summed E-state index contributed by atoms with van der Waals surface area (Å²) >= 11 is 0. The van der Waals surface area contributed by atoms with Crippen LogP contribution in [0.2, 0.25) is 0 Å². The van der Waals surface area contributed by atoms with Crippen molar-refractivity contribution in [3.63, 3.8) is 0 Å². The van der Waals surface area contributed by atoms with Crippen LogP contribution in [-0.2, 0) is 11.8 Å². The zero-order valence-electron chi connectivity index (χ0n) is 15.0. The van der Waals surface area contributed by atoms with E-state index in [0.29, 0.717) is 16.9 Å². The Hall–Kier alpha value is -3.67. The minimum absolute atomic E-state index is 0.183. The molecule has 6 nitrogen and oxygen atoms in total. The van der Waals surface area contributed by atoms with Crippen molar-refractivity contribution in [2.45, 2.75) is 6.92 Å². The minimum Gasteiger partial charge on any atom is -0.316 e. The molecule has 0 saturated heterocycles. The predicted molar refractivity (Wildman–Crippen MR) is 104 cm³/mol. The molecule has 0 fully saturated rings. The van der Waals surface area contributed by atoms with Gasteiger partial charge in [-0.1, -0.05) is 48.5 Å². The van der Waals surface area contributed by atoms with Gasteiger partial charge in [-0.3, -0.25) is 19.1 Å². The fourth-order valence-corrected chi connectivity index (χ4v) is 2.73. The number of aromatic nitrogens is 2. The summed E-state index contributed by atoms with van der Waals surface area (Å²) in [7, 11) is 1.74. The largest absolute Gasteiger partial charge is 0.316 e. The number of para-hydroxylation sites is 1. The summed E-state index contributed by atoms with van der Waals surface area (Å²) in [6.07, 6.45) is 2.33. The molecule has 6 heteroatoms. The molecule has 136 valence electrons. The summed E-state index contributed by atoms with van der Waals surface area (Å²) in [6.45, 7) is 1.75. The first-order chi connectivity index (χ1) is 13.0. The summed E-state index contributed by atoms with van der Waals surface area (Å²) in [4.78, 5) is 37.0. The first-order valence-corrected chi connectivity index (χ1v) is 8.41. The lowest BCUT2D eigenvalue weighted by Gasteiger charge is -2.07. The topological polar surface area (TPSA) is 73.1 Å². The number of carbonyl (C=O) groups is 2. The molecule has 1 heterocycles. The summed E-state index contributed by atoms with van der Waals surface area (Å²) in [5, 5.41) is 2.58. The van der Waals surface area contributed by atoms with Crippen LogP contribution in [-0.4, -0.2) is 21.1 Å². The molecule has 3 aromatic rings. The maximum absolute atomic E-state index is 12.7. The van der Waals surface area contributed by atoms with E-state index < -0.39 is 5.91 Å². The van der Waals surface area contributed by atoms with Gasteiger partial charge in [-0.25, -0.2) is 4.68 Å². The van der Waals surface area contributed by atoms with Crippen LogP contribution < -0.4 is 10.9 Å². The average molecular weight is 361 g/mol. The molecule has 0 aliphatic heterocycles. The Kier molecular flexibility index (Phi) is 5.17. The zero-order chi connectivity index (χ0) is 19.4. The summed E-state index contributed by atoms with van der Waals surface area (Å²) in [6, 6.07) is 17.8. The third-order valence-electron chi connectivity index (χ3n) is 4.25. The van der Waals surface area contributed by atoms with Gasteiger partial charge in [0.05, 0.1) is 11.4 Å². The van der Waals surface area contributed by atoms with Crippen molar-refractivity contribution >= 4 is 17.4 Å². The third-order valence-corrected chi connectivity index (χ3v) is 4.25. The van der Waals surface area contributed by atoms with Gasteiger partial charge in [0.2, 0.25) is 5.91 Å². The van der Waals surface area contributed by atoms with Crippen LogP contribution in [0.1, 0.15) is 16.1 Å². The van der Waals surface area contributed by atoms with Crippen LogP contribution >= 0.6 is 0 Å². The molecule has 1 amide bonds. The number of benzene rings is 2. The van der Waals surface area contributed by atoms with Crippen molar-refractivity contribution in [1.29, 1.82) is 0 Å². The van der Waals surface area contributed by atoms with Gasteiger partial charge >= 0.3 is 0 Å². The highest BCUT2D eigenvalue weighted by Crippen LogP contribution is 2.14. The van der Waals surface area contributed by atoms with Crippen molar-refractivity contribution in [2.24, 2.45) is 7.05 Å². The Labute approximate surface area is 156 Å². The van der Waals surface area contributed by atoms with Gasteiger partial charge in [0.1, 0.15) is 5.69 Å². The van der Waals surface area contributed by atoms with Crippen molar-refractivity contribution in [3.8, 4) is 5.69 Å². The number of hydrogen-bond donors (Lipinski definition) is 1. The van der Waals surface area contributed by atoms with Crippen molar-refractivity contribution < 1.29 is 9.59 Å². The van der Waals surface area contributed by atoms with E-state index in [4.69, 9.17) is 0 Å². The Balaban J connectivity index is 1.82. The summed E-state index contributed by atoms with van der Waals surface area (Å²) in [5.41, 5.74) is 1.65. The summed E-state index contributed by atoms with van der Waals surface area (Å²) in [5.74, 6) is -0.817. The Bertz CT molecular complexity index is 1060. The maximum atomic E-state index is 12.7. The highest BCUT2D eigenvalue weighted by atomic mass is 16.2. The molecule has 0 aliphatic carbocycles. The van der Waals surface area contributed by atoms with E-state index in [9.17, 15) is 14.4 Å². The number of nitrogens with one attached hydrogen (secondary N) is 1. The Morgan fingerprint density at radius 1 is 0.926 bits per heavy atom. The van der Waals surface area contributed by atoms with Gasteiger partial charge in [0, 0.05) is 18.7 Å². The van der Waals surface area contributed by atoms with E-state index in [1.807, 2.05) is 36.4 Å². The lowest BCUT2D eigenvalue weighted by Crippen LogP contribution is -2.22.